The van der Waals surface area contributed by atoms with E-state index < -0.39 is 34.5 Å². The molecule has 1 aromatic carbocycles. The normalized spacial score (nSPS) is 12.3. The van der Waals surface area contributed by atoms with Crippen molar-refractivity contribution in [3.05, 3.63) is 29.3 Å². The number of likely N-dealkylation sites (N-methyl/N-ethyl adjacent to an activating group) is 1. The van der Waals surface area contributed by atoms with Crippen molar-refractivity contribution < 1.29 is 22.7 Å². The van der Waals surface area contributed by atoms with Crippen molar-refractivity contribution in [3.63, 3.8) is 0 Å². The highest BCUT2D eigenvalue weighted by molar-refractivity contribution is 7.92. The molecule has 7 nitrogen and oxygen atoms in total. The predicted octanol–water partition coefficient (Wildman–Crippen LogP) is 1.17. The largest absolute Gasteiger partial charge is 0.451 e. The third kappa shape index (κ3) is 6.07. The summed E-state index contributed by atoms with van der Waals surface area (Å²) in [5, 5.41) is 2.84. The Morgan fingerprint density at radius 2 is 2.04 bits per heavy atom. The number of benzene rings is 1. The molecule has 1 atom stereocenters. The number of rotatable bonds is 7. The Morgan fingerprint density at radius 1 is 1.39 bits per heavy atom. The highest BCUT2D eigenvalue weighted by Crippen LogP contribution is 2.21. The molecule has 0 aliphatic carbocycles. The van der Waals surface area contributed by atoms with E-state index in [1.807, 2.05) is 0 Å². The van der Waals surface area contributed by atoms with Crippen LogP contribution in [0.4, 0.5) is 5.69 Å². The van der Waals surface area contributed by atoms with Crippen LogP contribution in [0.5, 0.6) is 0 Å². The van der Waals surface area contributed by atoms with Gasteiger partial charge in [-0.25, -0.2) is 8.42 Å². The Bertz CT molecular complexity index is 678. The van der Waals surface area contributed by atoms with Gasteiger partial charge in [0, 0.05) is 11.6 Å². The summed E-state index contributed by atoms with van der Waals surface area (Å²) >= 11 is 5.85. The van der Waals surface area contributed by atoms with Gasteiger partial charge in [0.05, 0.1) is 11.9 Å². The molecule has 23 heavy (non-hydrogen) atoms. The minimum atomic E-state index is -3.72. The predicted molar refractivity (Wildman–Crippen MR) is 87.9 cm³/mol. The van der Waals surface area contributed by atoms with Crippen molar-refractivity contribution in [1.29, 1.82) is 0 Å². The summed E-state index contributed by atoms with van der Waals surface area (Å²) < 4.78 is 29.6. The molecule has 0 bridgehead atoms. The third-order valence-electron chi connectivity index (χ3n) is 2.80. The van der Waals surface area contributed by atoms with Crippen LogP contribution in [0.1, 0.15) is 13.8 Å². The molecule has 1 N–H and O–H groups in total. The molecule has 9 heteroatoms. The van der Waals surface area contributed by atoms with Crippen LogP contribution < -0.4 is 9.62 Å². The maximum Gasteiger partial charge on any atom is 0.327 e. The van der Waals surface area contributed by atoms with E-state index in [1.54, 1.807) is 19.1 Å². The second-order valence-electron chi connectivity index (χ2n) is 4.78. The average Bonchev–Trinajstić information content (AvgIpc) is 2.43. The van der Waals surface area contributed by atoms with E-state index in [0.29, 0.717) is 11.6 Å². The van der Waals surface area contributed by atoms with Crippen molar-refractivity contribution >= 4 is 39.2 Å². The van der Waals surface area contributed by atoms with Crippen LogP contribution in [0.25, 0.3) is 0 Å². The number of carbonyl (C=O) groups excluding carboxylic acids is 2. The van der Waals surface area contributed by atoms with E-state index in [1.165, 1.54) is 19.1 Å². The molecule has 1 amide bonds. The number of anilines is 1. The van der Waals surface area contributed by atoms with Crippen molar-refractivity contribution in [2.75, 3.05) is 23.7 Å². The van der Waals surface area contributed by atoms with E-state index >= 15 is 0 Å². The van der Waals surface area contributed by atoms with Crippen LogP contribution in [-0.4, -0.2) is 45.7 Å². The molecule has 0 saturated heterocycles. The lowest BCUT2D eigenvalue weighted by Gasteiger charge is -2.22. The molecule has 0 spiro atoms. The average molecular weight is 363 g/mol. The van der Waals surface area contributed by atoms with Gasteiger partial charge in [-0.3, -0.25) is 13.9 Å². The van der Waals surface area contributed by atoms with Crippen LogP contribution >= 0.6 is 11.6 Å². The number of amides is 1. The maximum atomic E-state index is 11.9. The molecular weight excluding hydrogens is 344 g/mol. The second kappa shape index (κ2) is 8.16. The van der Waals surface area contributed by atoms with E-state index in [9.17, 15) is 18.0 Å². The van der Waals surface area contributed by atoms with E-state index in [2.05, 4.69) is 5.32 Å². The number of halogens is 1. The molecular formula is C14H19ClN2O5S. The number of sulfonamides is 1. The van der Waals surface area contributed by atoms with Gasteiger partial charge in [0.1, 0.15) is 6.54 Å². The van der Waals surface area contributed by atoms with Crippen molar-refractivity contribution in [2.45, 2.75) is 20.0 Å². The number of nitrogens with zero attached hydrogens (tertiary/aromatic N) is 1. The lowest BCUT2D eigenvalue weighted by atomic mass is 10.3. The Kier molecular flexibility index (Phi) is 6.83. The summed E-state index contributed by atoms with van der Waals surface area (Å²) in [5.74, 6) is -1.29. The number of esters is 1. The summed E-state index contributed by atoms with van der Waals surface area (Å²) in [6.45, 7) is 2.99. The van der Waals surface area contributed by atoms with Gasteiger partial charge in [0.2, 0.25) is 10.0 Å². The molecule has 0 saturated carbocycles. The number of nitrogens with one attached hydrogen (secondary N) is 1. The Hall–Kier alpha value is -1.80. The van der Waals surface area contributed by atoms with Gasteiger partial charge in [-0.15, -0.1) is 0 Å². The standard InChI is InChI=1S/C14H19ClN2O5S/c1-4-16-14(19)10(2)22-13(18)9-17(23(3,20)21)12-7-5-6-11(15)8-12/h5-8,10H,4,9H2,1-3H3,(H,16,19)/t10-/m1/s1. The Balaban J connectivity index is 2.87. The van der Waals surface area contributed by atoms with Crippen LogP contribution in [0.15, 0.2) is 24.3 Å². The van der Waals surface area contributed by atoms with Gasteiger partial charge < -0.3 is 10.1 Å². The molecule has 0 fully saturated rings. The number of ether oxygens (including phenoxy) is 1. The first kappa shape index (κ1) is 19.2. The van der Waals surface area contributed by atoms with Crippen molar-refractivity contribution in [3.8, 4) is 0 Å². The molecule has 0 unspecified atom stereocenters. The third-order valence-corrected chi connectivity index (χ3v) is 4.17. The minimum Gasteiger partial charge on any atom is -0.451 e. The second-order valence-corrected chi connectivity index (χ2v) is 7.12. The number of hydrogen-bond acceptors (Lipinski definition) is 5. The van der Waals surface area contributed by atoms with Crippen molar-refractivity contribution in [2.24, 2.45) is 0 Å². The van der Waals surface area contributed by atoms with Crippen LogP contribution in [-0.2, 0) is 24.3 Å². The highest BCUT2D eigenvalue weighted by atomic mass is 35.5. The summed E-state index contributed by atoms with van der Waals surface area (Å²) in [4.78, 5) is 23.5. The fraction of sp³-hybridized carbons (Fsp3) is 0.429. The number of carbonyl (C=O) groups is 2. The lowest BCUT2D eigenvalue weighted by Crippen LogP contribution is -2.40. The van der Waals surface area contributed by atoms with Gasteiger partial charge in [-0.2, -0.15) is 0 Å². The minimum absolute atomic E-state index is 0.239. The summed E-state index contributed by atoms with van der Waals surface area (Å²) in [7, 11) is -3.72. The van der Waals surface area contributed by atoms with Gasteiger partial charge in [0.25, 0.3) is 5.91 Å². The summed E-state index contributed by atoms with van der Waals surface area (Å²) in [5.41, 5.74) is 0.239. The van der Waals surface area contributed by atoms with Crippen LogP contribution in [0, 0.1) is 0 Å². The topological polar surface area (TPSA) is 92.8 Å². The van der Waals surface area contributed by atoms with Gasteiger partial charge in [-0.1, -0.05) is 17.7 Å². The lowest BCUT2D eigenvalue weighted by molar-refractivity contribution is -0.153. The first-order valence-corrected chi connectivity index (χ1v) is 9.08. The molecule has 1 aromatic rings. The molecule has 0 aliphatic heterocycles. The first-order valence-electron chi connectivity index (χ1n) is 6.85. The SMILES string of the molecule is CCNC(=O)[C@@H](C)OC(=O)CN(c1cccc(Cl)c1)S(C)(=O)=O. The summed E-state index contributed by atoms with van der Waals surface area (Å²) in [6.07, 6.45) is -0.0442. The Labute approximate surface area is 140 Å². The fourth-order valence-electron chi connectivity index (χ4n) is 1.75. The molecule has 0 aliphatic rings. The van der Waals surface area contributed by atoms with Gasteiger partial charge in [-0.05, 0) is 32.0 Å². The fourth-order valence-corrected chi connectivity index (χ4v) is 2.78. The van der Waals surface area contributed by atoms with E-state index in [0.717, 1.165) is 10.6 Å². The van der Waals surface area contributed by atoms with E-state index in [-0.39, 0.29) is 5.69 Å². The summed E-state index contributed by atoms with van der Waals surface area (Å²) in [6, 6.07) is 6.08. The monoisotopic (exact) mass is 362 g/mol. The zero-order valence-corrected chi connectivity index (χ0v) is 14.6. The first-order chi connectivity index (χ1) is 10.6. The van der Waals surface area contributed by atoms with Gasteiger partial charge >= 0.3 is 5.97 Å². The smallest absolute Gasteiger partial charge is 0.327 e. The maximum absolute atomic E-state index is 11.9. The number of hydrogen-bond donors (Lipinski definition) is 1. The molecule has 0 radical (unpaired) electrons. The zero-order valence-electron chi connectivity index (χ0n) is 13.1. The molecule has 0 aromatic heterocycles. The van der Waals surface area contributed by atoms with Gasteiger partial charge in [0.15, 0.2) is 6.10 Å². The molecule has 1 rings (SSSR count). The zero-order chi connectivity index (χ0) is 17.6. The molecule has 128 valence electrons. The van der Waals surface area contributed by atoms with Crippen LogP contribution in [0.3, 0.4) is 0 Å². The molecule has 0 heterocycles. The van der Waals surface area contributed by atoms with Crippen LogP contribution in [0.2, 0.25) is 5.02 Å². The quantitative estimate of drug-likeness (QED) is 0.735. The van der Waals surface area contributed by atoms with E-state index in [4.69, 9.17) is 16.3 Å². The Morgan fingerprint density at radius 3 is 2.57 bits per heavy atom. The van der Waals surface area contributed by atoms with Crippen molar-refractivity contribution in [1.82, 2.24) is 5.32 Å². The highest BCUT2D eigenvalue weighted by Gasteiger charge is 2.24.